The summed E-state index contributed by atoms with van der Waals surface area (Å²) in [6, 6.07) is 4.75. The number of phenols is 1. The molecule has 4 nitrogen and oxygen atoms in total. The second-order valence-electron chi connectivity index (χ2n) is 3.38. The third-order valence-corrected chi connectivity index (χ3v) is 2.32. The van der Waals surface area contributed by atoms with Crippen molar-refractivity contribution in [2.24, 2.45) is 0 Å². The normalized spacial score (nSPS) is 9.81. The van der Waals surface area contributed by atoms with Gasteiger partial charge in [-0.1, -0.05) is 12.1 Å². The maximum atomic E-state index is 12.0. The van der Waals surface area contributed by atoms with Crippen molar-refractivity contribution in [2.45, 2.75) is 6.92 Å². The summed E-state index contributed by atoms with van der Waals surface area (Å²) in [4.78, 5) is 13.6. The summed E-state index contributed by atoms with van der Waals surface area (Å²) in [6.07, 6.45) is 1.64. The maximum Gasteiger partial charge on any atom is 0.257 e. The molecular formula is C12H16N2O2. The summed E-state index contributed by atoms with van der Waals surface area (Å²) < 4.78 is 0. The van der Waals surface area contributed by atoms with Gasteiger partial charge in [-0.2, -0.15) is 0 Å². The minimum absolute atomic E-state index is 0.157. The number of nitrogens with two attached hydrogens (primary N) is 1. The third-order valence-electron chi connectivity index (χ3n) is 2.32. The Kier molecular flexibility index (Phi) is 3.94. The highest BCUT2D eigenvalue weighted by atomic mass is 16.3. The van der Waals surface area contributed by atoms with Crippen molar-refractivity contribution < 1.29 is 9.90 Å². The molecule has 0 saturated carbocycles. The molecule has 0 bridgehead atoms. The van der Waals surface area contributed by atoms with Crippen molar-refractivity contribution in [2.75, 3.05) is 18.8 Å². The standard InChI is InChI=1S/C12H16N2O2/c1-3-8-14(4-2)12(16)9-6-5-7-10(13)11(9)15/h3,5-7,15H,1,4,8,13H2,2H3. The van der Waals surface area contributed by atoms with Gasteiger partial charge in [-0.15, -0.1) is 6.58 Å². The van der Waals surface area contributed by atoms with Crippen molar-refractivity contribution in [3.8, 4) is 5.75 Å². The van der Waals surface area contributed by atoms with Gasteiger partial charge >= 0.3 is 0 Å². The summed E-state index contributed by atoms with van der Waals surface area (Å²) in [5.41, 5.74) is 5.97. The van der Waals surface area contributed by atoms with Gasteiger partial charge in [0.1, 0.15) is 0 Å². The molecule has 0 aliphatic heterocycles. The third kappa shape index (κ3) is 2.34. The first kappa shape index (κ1) is 12.1. The van der Waals surface area contributed by atoms with Crippen molar-refractivity contribution in [3.63, 3.8) is 0 Å². The molecule has 0 atom stereocenters. The van der Waals surface area contributed by atoms with E-state index >= 15 is 0 Å². The molecule has 0 heterocycles. The van der Waals surface area contributed by atoms with Crippen molar-refractivity contribution in [1.29, 1.82) is 0 Å². The van der Waals surface area contributed by atoms with Crippen LogP contribution < -0.4 is 5.73 Å². The van der Waals surface area contributed by atoms with E-state index in [2.05, 4.69) is 6.58 Å². The summed E-state index contributed by atoms with van der Waals surface area (Å²) in [5, 5.41) is 9.68. The number of carbonyl (C=O) groups excluding carboxylic acids is 1. The van der Waals surface area contributed by atoms with Crippen LogP contribution in [0.3, 0.4) is 0 Å². The molecule has 0 saturated heterocycles. The number of carbonyl (C=O) groups is 1. The minimum atomic E-state index is -0.243. The lowest BCUT2D eigenvalue weighted by atomic mass is 10.1. The van der Waals surface area contributed by atoms with Gasteiger partial charge in [0.25, 0.3) is 5.91 Å². The minimum Gasteiger partial charge on any atom is -0.505 e. The molecule has 1 aromatic rings. The number of hydrogen-bond acceptors (Lipinski definition) is 3. The molecule has 0 unspecified atom stereocenters. The smallest absolute Gasteiger partial charge is 0.257 e. The van der Waals surface area contributed by atoms with Gasteiger partial charge < -0.3 is 15.7 Å². The van der Waals surface area contributed by atoms with Gasteiger partial charge in [0.15, 0.2) is 5.75 Å². The van der Waals surface area contributed by atoms with E-state index in [9.17, 15) is 9.90 Å². The Balaban J connectivity index is 3.03. The predicted molar refractivity (Wildman–Crippen MR) is 64.3 cm³/mol. The molecule has 1 aromatic carbocycles. The van der Waals surface area contributed by atoms with Crippen LogP contribution in [0, 0.1) is 0 Å². The summed E-state index contributed by atoms with van der Waals surface area (Å²) >= 11 is 0. The Morgan fingerprint density at radius 1 is 1.62 bits per heavy atom. The van der Waals surface area contributed by atoms with Crippen LogP contribution in [0.15, 0.2) is 30.9 Å². The van der Waals surface area contributed by atoms with Crippen molar-refractivity contribution >= 4 is 11.6 Å². The quantitative estimate of drug-likeness (QED) is 0.460. The highest BCUT2D eigenvalue weighted by molar-refractivity contribution is 5.98. The van der Waals surface area contributed by atoms with Crippen LogP contribution in [-0.4, -0.2) is 29.0 Å². The largest absolute Gasteiger partial charge is 0.505 e. The van der Waals surface area contributed by atoms with Gasteiger partial charge in [-0.05, 0) is 19.1 Å². The number of hydrogen-bond donors (Lipinski definition) is 2. The average molecular weight is 220 g/mol. The fraction of sp³-hybridized carbons (Fsp3) is 0.250. The molecule has 0 spiro atoms. The van der Waals surface area contributed by atoms with E-state index < -0.39 is 0 Å². The van der Waals surface area contributed by atoms with Crippen molar-refractivity contribution in [3.05, 3.63) is 36.4 Å². The van der Waals surface area contributed by atoms with Gasteiger partial charge in [0.2, 0.25) is 0 Å². The highest BCUT2D eigenvalue weighted by Crippen LogP contribution is 2.25. The molecular weight excluding hydrogens is 204 g/mol. The number of likely N-dealkylation sites (N-methyl/N-ethyl adjacent to an activating group) is 1. The number of para-hydroxylation sites is 1. The van der Waals surface area contributed by atoms with Crippen molar-refractivity contribution in [1.82, 2.24) is 4.90 Å². The van der Waals surface area contributed by atoms with Gasteiger partial charge in [0, 0.05) is 13.1 Å². The lowest BCUT2D eigenvalue weighted by molar-refractivity contribution is 0.0779. The van der Waals surface area contributed by atoms with E-state index in [1.54, 1.807) is 29.2 Å². The van der Waals surface area contributed by atoms with E-state index in [0.717, 1.165) is 0 Å². The molecule has 0 fully saturated rings. The van der Waals surface area contributed by atoms with Crippen LogP contribution in [0.4, 0.5) is 5.69 Å². The molecule has 0 aromatic heterocycles. The van der Waals surface area contributed by atoms with Gasteiger partial charge in [0.05, 0.1) is 11.3 Å². The number of amides is 1. The average Bonchev–Trinajstić information content (AvgIpc) is 2.29. The zero-order chi connectivity index (χ0) is 12.1. The van der Waals surface area contributed by atoms with Crippen LogP contribution >= 0.6 is 0 Å². The zero-order valence-electron chi connectivity index (χ0n) is 9.31. The first-order valence-electron chi connectivity index (χ1n) is 5.09. The Bertz CT molecular complexity index is 402. The fourth-order valence-electron chi connectivity index (χ4n) is 1.42. The van der Waals surface area contributed by atoms with E-state index in [-0.39, 0.29) is 22.9 Å². The van der Waals surface area contributed by atoms with Gasteiger partial charge in [-0.25, -0.2) is 0 Å². The summed E-state index contributed by atoms with van der Waals surface area (Å²) in [6.45, 7) is 6.45. The Morgan fingerprint density at radius 3 is 2.88 bits per heavy atom. The first-order valence-corrected chi connectivity index (χ1v) is 5.09. The number of phenolic OH excluding ortho intramolecular Hbond substituents is 1. The molecule has 1 rings (SSSR count). The number of aromatic hydroxyl groups is 1. The number of anilines is 1. The molecule has 1 amide bonds. The first-order chi connectivity index (χ1) is 7.61. The number of nitrogen functional groups attached to an aromatic ring is 1. The molecule has 86 valence electrons. The zero-order valence-corrected chi connectivity index (χ0v) is 9.31. The molecule has 0 aliphatic rings. The second-order valence-corrected chi connectivity index (χ2v) is 3.38. The monoisotopic (exact) mass is 220 g/mol. The Labute approximate surface area is 95.0 Å². The molecule has 0 radical (unpaired) electrons. The van der Waals surface area contributed by atoms with Crippen LogP contribution in [0.1, 0.15) is 17.3 Å². The van der Waals surface area contributed by atoms with Gasteiger partial charge in [-0.3, -0.25) is 4.79 Å². The van der Waals surface area contributed by atoms with Crippen LogP contribution in [0.2, 0.25) is 0 Å². The topological polar surface area (TPSA) is 66.6 Å². The van der Waals surface area contributed by atoms with Crippen LogP contribution in [0.25, 0.3) is 0 Å². The molecule has 16 heavy (non-hydrogen) atoms. The SMILES string of the molecule is C=CCN(CC)C(=O)c1cccc(N)c1O. The molecule has 0 aliphatic carbocycles. The highest BCUT2D eigenvalue weighted by Gasteiger charge is 2.17. The van der Waals surface area contributed by atoms with E-state index in [1.807, 2.05) is 6.92 Å². The number of benzene rings is 1. The van der Waals surface area contributed by atoms with Crippen LogP contribution in [-0.2, 0) is 0 Å². The number of nitrogens with zero attached hydrogens (tertiary/aromatic N) is 1. The molecule has 4 heteroatoms. The summed E-state index contributed by atoms with van der Waals surface area (Å²) in [5.74, 6) is -0.401. The lowest BCUT2D eigenvalue weighted by Crippen LogP contribution is -2.30. The lowest BCUT2D eigenvalue weighted by Gasteiger charge is -2.19. The predicted octanol–water partition coefficient (Wildman–Crippen LogP) is 1.62. The number of rotatable bonds is 4. The second kappa shape index (κ2) is 5.21. The molecule has 3 N–H and O–H groups in total. The maximum absolute atomic E-state index is 12.0. The van der Waals surface area contributed by atoms with E-state index in [4.69, 9.17) is 5.73 Å². The Hall–Kier alpha value is -1.97. The fourth-order valence-corrected chi connectivity index (χ4v) is 1.42. The Morgan fingerprint density at radius 2 is 2.31 bits per heavy atom. The summed E-state index contributed by atoms with van der Waals surface area (Å²) in [7, 11) is 0. The van der Waals surface area contributed by atoms with Crippen LogP contribution in [0.5, 0.6) is 5.75 Å². The van der Waals surface area contributed by atoms with E-state index in [1.165, 1.54) is 0 Å². The van der Waals surface area contributed by atoms with E-state index in [0.29, 0.717) is 13.1 Å².